The fraction of sp³-hybridized carbons (Fsp3) is 0.562. The lowest BCUT2D eigenvalue weighted by Crippen LogP contribution is -2.34. The van der Waals surface area contributed by atoms with Crippen LogP contribution < -0.4 is 4.74 Å². The van der Waals surface area contributed by atoms with E-state index in [9.17, 15) is 5.26 Å². The third-order valence-electron chi connectivity index (χ3n) is 3.60. The first kappa shape index (κ1) is 14.8. The molecule has 2 rings (SSSR count). The number of fused-ring (bicyclic) bond motifs is 1. The maximum Gasteiger partial charge on any atom is 0.122 e. The Morgan fingerprint density at radius 3 is 2.95 bits per heavy atom. The molecule has 0 saturated heterocycles. The Morgan fingerprint density at radius 2 is 2.15 bits per heavy atom. The van der Waals surface area contributed by atoms with Crippen LogP contribution in [0.2, 0.25) is 0 Å². The van der Waals surface area contributed by atoms with Gasteiger partial charge in [0.25, 0.3) is 0 Å². The number of hydrogen-bond donors (Lipinski definition) is 0. The predicted molar refractivity (Wildman–Crippen MR) is 75.6 cm³/mol. The van der Waals surface area contributed by atoms with Crippen LogP contribution in [0.5, 0.6) is 5.75 Å². The first-order chi connectivity index (χ1) is 9.79. The molecule has 0 saturated carbocycles. The second kappa shape index (κ2) is 7.28. The minimum atomic E-state index is -0.463. The van der Waals surface area contributed by atoms with Gasteiger partial charge in [-0.15, -0.1) is 0 Å². The zero-order valence-corrected chi connectivity index (χ0v) is 11.9. The fourth-order valence-corrected chi connectivity index (χ4v) is 2.39. The summed E-state index contributed by atoms with van der Waals surface area (Å²) in [6, 6.07) is 10.4. The summed E-state index contributed by atoms with van der Waals surface area (Å²) in [6.07, 6.45) is 2.32. The number of rotatable bonds is 7. The van der Waals surface area contributed by atoms with Gasteiger partial charge < -0.3 is 14.2 Å². The second-order valence-corrected chi connectivity index (χ2v) is 5.17. The number of hydrogen-bond acceptors (Lipinski definition) is 4. The van der Waals surface area contributed by atoms with Crippen LogP contribution in [0.1, 0.15) is 18.4 Å². The summed E-state index contributed by atoms with van der Waals surface area (Å²) < 4.78 is 16.3. The van der Waals surface area contributed by atoms with E-state index >= 15 is 0 Å². The number of nitriles is 1. The van der Waals surface area contributed by atoms with Crippen molar-refractivity contribution in [2.45, 2.75) is 19.3 Å². The van der Waals surface area contributed by atoms with Gasteiger partial charge >= 0.3 is 0 Å². The molecule has 1 aromatic carbocycles. The summed E-state index contributed by atoms with van der Waals surface area (Å²) in [5, 5.41) is 9.50. The van der Waals surface area contributed by atoms with Crippen LogP contribution in [0.25, 0.3) is 0 Å². The highest BCUT2D eigenvalue weighted by Crippen LogP contribution is 2.36. The fourth-order valence-electron chi connectivity index (χ4n) is 2.39. The Balaban J connectivity index is 1.84. The van der Waals surface area contributed by atoms with E-state index in [2.05, 4.69) is 6.07 Å². The molecule has 0 radical (unpaired) electrons. The Labute approximate surface area is 120 Å². The van der Waals surface area contributed by atoms with Crippen LogP contribution in [0.3, 0.4) is 0 Å². The van der Waals surface area contributed by atoms with Gasteiger partial charge in [-0.05, 0) is 30.9 Å². The molecule has 1 aliphatic heterocycles. The Hall–Kier alpha value is -1.57. The molecule has 0 amide bonds. The van der Waals surface area contributed by atoms with Crippen LogP contribution >= 0.6 is 0 Å². The van der Waals surface area contributed by atoms with Gasteiger partial charge in [-0.25, -0.2) is 0 Å². The van der Waals surface area contributed by atoms with Crippen molar-refractivity contribution < 1.29 is 14.2 Å². The van der Waals surface area contributed by atoms with Crippen molar-refractivity contribution in [3.63, 3.8) is 0 Å². The molecule has 0 aliphatic carbocycles. The van der Waals surface area contributed by atoms with Gasteiger partial charge in [-0.3, -0.25) is 0 Å². The second-order valence-electron chi connectivity index (χ2n) is 5.17. The number of ether oxygens (including phenoxy) is 3. The van der Waals surface area contributed by atoms with E-state index in [4.69, 9.17) is 14.2 Å². The molecule has 1 heterocycles. The molecule has 0 spiro atoms. The van der Waals surface area contributed by atoms with Crippen LogP contribution in [0, 0.1) is 16.7 Å². The summed E-state index contributed by atoms with van der Waals surface area (Å²) in [4.78, 5) is 0. The molecule has 1 aromatic rings. The SMILES string of the molecule is COCCCOCCC1(C#N)COc2ccccc2C1. The van der Waals surface area contributed by atoms with Gasteiger partial charge in [0.15, 0.2) is 0 Å². The van der Waals surface area contributed by atoms with E-state index in [-0.39, 0.29) is 0 Å². The third-order valence-corrected chi connectivity index (χ3v) is 3.60. The van der Waals surface area contributed by atoms with Gasteiger partial charge in [-0.1, -0.05) is 18.2 Å². The van der Waals surface area contributed by atoms with Crippen molar-refractivity contribution in [2.75, 3.05) is 33.5 Å². The highest BCUT2D eigenvalue weighted by atomic mass is 16.5. The maximum absolute atomic E-state index is 9.50. The zero-order chi connectivity index (χ0) is 14.3. The normalized spacial score (nSPS) is 20.8. The third kappa shape index (κ3) is 3.72. The summed E-state index contributed by atoms with van der Waals surface area (Å²) >= 11 is 0. The van der Waals surface area contributed by atoms with Crippen LogP contribution in [0.15, 0.2) is 24.3 Å². The largest absolute Gasteiger partial charge is 0.492 e. The van der Waals surface area contributed by atoms with Gasteiger partial charge in [0.05, 0.1) is 11.5 Å². The summed E-state index contributed by atoms with van der Waals surface area (Å²) in [5.74, 6) is 0.902. The van der Waals surface area contributed by atoms with E-state index in [1.54, 1.807) is 7.11 Å². The van der Waals surface area contributed by atoms with Crippen molar-refractivity contribution in [1.82, 2.24) is 0 Å². The van der Waals surface area contributed by atoms with Gasteiger partial charge in [0, 0.05) is 26.9 Å². The molecular formula is C16H21NO3. The minimum Gasteiger partial charge on any atom is -0.492 e. The first-order valence-electron chi connectivity index (χ1n) is 6.98. The standard InChI is InChI=1S/C16H21NO3/c1-18-8-4-9-19-10-7-16(12-17)11-14-5-2-3-6-15(14)20-13-16/h2-3,5-6H,4,7-11,13H2,1H3. The zero-order valence-electron chi connectivity index (χ0n) is 11.9. The van der Waals surface area contributed by atoms with E-state index in [1.165, 1.54) is 0 Å². The predicted octanol–water partition coefficient (Wildman–Crippen LogP) is 2.57. The molecule has 0 aromatic heterocycles. The number of methoxy groups -OCH3 is 1. The number of nitrogens with zero attached hydrogens (tertiary/aromatic N) is 1. The van der Waals surface area contributed by atoms with E-state index in [1.807, 2.05) is 24.3 Å². The van der Waals surface area contributed by atoms with Crippen molar-refractivity contribution in [3.8, 4) is 11.8 Å². The molecule has 4 nitrogen and oxygen atoms in total. The molecular weight excluding hydrogens is 254 g/mol. The van der Waals surface area contributed by atoms with Crippen LogP contribution in [0.4, 0.5) is 0 Å². The Kier molecular flexibility index (Phi) is 5.40. The lowest BCUT2D eigenvalue weighted by molar-refractivity contribution is 0.0690. The van der Waals surface area contributed by atoms with Crippen LogP contribution in [-0.2, 0) is 15.9 Å². The minimum absolute atomic E-state index is 0.446. The quantitative estimate of drug-likeness (QED) is 0.718. The van der Waals surface area contributed by atoms with Gasteiger partial charge in [0.1, 0.15) is 12.4 Å². The van der Waals surface area contributed by atoms with E-state index < -0.39 is 5.41 Å². The summed E-state index contributed by atoms with van der Waals surface area (Å²) in [5.41, 5.74) is 0.648. The molecule has 1 atom stereocenters. The Bertz CT molecular complexity index is 469. The lowest BCUT2D eigenvalue weighted by atomic mass is 9.79. The average Bonchev–Trinajstić information content (AvgIpc) is 2.50. The number of benzene rings is 1. The van der Waals surface area contributed by atoms with E-state index in [0.717, 1.165) is 24.2 Å². The molecule has 0 N–H and O–H groups in total. The molecule has 0 fully saturated rings. The summed E-state index contributed by atoms with van der Waals surface area (Å²) in [7, 11) is 1.68. The molecule has 0 bridgehead atoms. The maximum atomic E-state index is 9.50. The highest BCUT2D eigenvalue weighted by Gasteiger charge is 2.35. The van der Waals surface area contributed by atoms with Crippen molar-refractivity contribution in [3.05, 3.63) is 29.8 Å². The van der Waals surface area contributed by atoms with Crippen molar-refractivity contribution >= 4 is 0 Å². The summed E-state index contributed by atoms with van der Waals surface area (Å²) in [6.45, 7) is 2.41. The molecule has 108 valence electrons. The molecule has 20 heavy (non-hydrogen) atoms. The molecule has 1 unspecified atom stereocenters. The van der Waals surface area contributed by atoms with Crippen molar-refractivity contribution in [1.29, 1.82) is 5.26 Å². The first-order valence-corrected chi connectivity index (χ1v) is 6.98. The van der Waals surface area contributed by atoms with E-state index in [0.29, 0.717) is 32.8 Å². The average molecular weight is 275 g/mol. The molecule has 1 aliphatic rings. The smallest absolute Gasteiger partial charge is 0.122 e. The Morgan fingerprint density at radius 1 is 1.30 bits per heavy atom. The van der Waals surface area contributed by atoms with Crippen LogP contribution in [-0.4, -0.2) is 33.5 Å². The number of para-hydroxylation sites is 1. The topological polar surface area (TPSA) is 51.5 Å². The highest BCUT2D eigenvalue weighted by molar-refractivity contribution is 5.37. The lowest BCUT2D eigenvalue weighted by Gasteiger charge is -2.32. The van der Waals surface area contributed by atoms with Gasteiger partial charge in [0.2, 0.25) is 0 Å². The van der Waals surface area contributed by atoms with Crippen molar-refractivity contribution in [2.24, 2.45) is 5.41 Å². The van der Waals surface area contributed by atoms with Gasteiger partial charge in [-0.2, -0.15) is 5.26 Å². The monoisotopic (exact) mass is 275 g/mol. The molecule has 4 heteroatoms.